The zero-order valence-electron chi connectivity index (χ0n) is 15.8. The van der Waals surface area contributed by atoms with Crippen LogP contribution in [0.2, 0.25) is 0 Å². The van der Waals surface area contributed by atoms with Crippen LogP contribution in [0.3, 0.4) is 0 Å². The number of anilines is 1. The number of nitrogens with one attached hydrogen (secondary N) is 3. The number of rotatable bonds is 4. The maximum absolute atomic E-state index is 12.9. The van der Waals surface area contributed by atoms with Crippen LogP contribution in [0.25, 0.3) is 0 Å². The van der Waals surface area contributed by atoms with Crippen LogP contribution in [0.15, 0.2) is 18.2 Å². The lowest BCUT2D eigenvalue weighted by molar-refractivity contribution is -0.136. The number of nitrogens with zero attached hydrogens (tertiary/aromatic N) is 2. The Labute approximate surface area is 171 Å². The van der Waals surface area contributed by atoms with Gasteiger partial charge in [-0.15, -0.1) is 11.3 Å². The van der Waals surface area contributed by atoms with Crippen LogP contribution in [-0.2, 0) is 35.6 Å². The third-order valence-corrected chi connectivity index (χ3v) is 6.75. The number of carbonyl (C=O) groups excluding carboxylic acids is 3. The average molecular weight is 411 g/mol. The molecule has 5 rings (SSSR count). The standard InChI is InChI=1S/C20H21N5O3S/c26-17-4-3-15(18(27)24-17)25-10-12-2-1-11(7-13(12)19(25)28)8-22-20-23-14-9-21-6-5-16(14)29-20/h1-2,7,15,21H,3-6,8-10H2,(H,22,23)(H,24,26,27). The highest BCUT2D eigenvalue weighted by Gasteiger charge is 2.39. The van der Waals surface area contributed by atoms with E-state index in [1.165, 1.54) is 4.88 Å². The first-order valence-corrected chi connectivity index (χ1v) is 10.6. The first-order chi connectivity index (χ1) is 14.1. The summed E-state index contributed by atoms with van der Waals surface area (Å²) in [6.45, 7) is 2.79. The van der Waals surface area contributed by atoms with Gasteiger partial charge < -0.3 is 15.5 Å². The van der Waals surface area contributed by atoms with Gasteiger partial charge in [-0.05, 0) is 30.0 Å². The topological polar surface area (TPSA) is 103 Å². The Balaban J connectivity index is 1.28. The molecule has 1 saturated heterocycles. The number of carbonyl (C=O) groups is 3. The van der Waals surface area contributed by atoms with E-state index in [-0.39, 0.29) is 24.1 Å². The largest absolute Gasteiger partial charge is 0.357 e. The second kappa shape index (κ2) is 7.23. The molecule has 0 bridgehead atoms. The summed E-state index contributed by atoms with van der Waals surface area (Å²) in [5.41, 5.74) is 3.66. The van der Waals surface area contributed by atoms with Crippen LogP contribution < -0.4 is 16.0 Å². The van der Waals surface area contributed by atoms with Gasteiger partial charge in [0.1, 0.15) is 6.04 Å². The smallest absolute Gasteiger partial charge is 0.255 e. The summed E-state index contributed by atoms with van der Waals surface area (Å²) in [6, 6.07) is 5.27. The number of thiazole rings is 1. The van der Waals surface area contributed by atoms with Gasteiger partial charge in [0.15, 0.2) is 5.13 Å². The fourth-order valence-corrected chi connectivity index (χ4v) is 5.06. The minimum atomic E-state index is -0.579. The third-order valence-electron chi connectivity index (χ3n) is 5.64. The van der Waals surface area contributed by atoms with E-state index in [4.69, 9.17) is 0 Å². The van der Waals surface area contributed by atoms with E-state index in [1.54, 1.807) is 16.2 Å². The van der Waals surface area contributed by atoms with Crippen LogP contribution in [0.4, 0.5) is 5.13 Å². The maximum Gasteiger partial charge on any atom is 0.255 e. The summed E-state index contributed by atoms with van der Waals surface area (Å²) in [5, 5.41) is 9.92. The summed E-state index contributed by atoms with van der Waals surface area (Å²) in [4.78, 5) is 44.0. The van der Waals surface area contributed by atoms with Crippen LogP contribution in [-0.4, -0.2) is 40.2 Å². The molecule has 2 aromatic rings. The molecule has 1 unspecified atom stereocenters. The molecule has 3 aliphatic rings. The van der Waals surface area contributed by atoms with Crippen molar-refractivity contribution in [2.75, 3.05) is 11.9 Å². The number of amides is 3. The van der Waals surface area contributed by atoms with E-state index < -0.39 is 6.04 Å². The lowest BCUT2D eigenvalue weighted by Gasteiger charge is -2.29. The van der Waals surface area contributed by atoms with Crippen molar-refractivity contribution in [1.82, 2.24) is 20.5 Å². The van der Waals surface area contributed by atoms with Crippen LogP contribution in [0.1, 0.15) is 44.9 Å². The highest BCUT2D eigenvalue weighted by atomic mass is 32.1. The number of imide groups is 1. The van der Waals surface area contributed by atoms with Crippen molar-refractivity contribution in [2.45, 2.75) is 44.9 Å². The minimum Gasteiger partial charge on any atom is -0.357 e. The van der Waals surface area contributed by atoms with E-state index in [0.717, 1.165) is 41.5 Å². The molecule has 29 heavy (non-hydrogen) atoms. The molecule has 1 aromatic heterocycles. The Morgan fingerprint density at radius 2 is 2.14 bits per heavy atom. The molecule has 1 atom stereocenters. The molecule has 0 aliphatic carbocycles. The fourth-order valence-electron chi connectivity index (χ4n) is 4.09. The lowest BCUT2D eigenvalue weighted by atomic mass is 10.0. The van der Waals surface area contributed by atoms with Crippen molar-refractivity contribution in [3.63, 3.8) is 0 Å². The summed E-state index contributed by atoms with van der Waals surface area (Å²) in [5.74, 6) is -0.804. The predicted octanol–water partition coefficient (Wildman–Crippen LogP) is 1.16. The molecule has 0 saturated carbocycles. The molecular formula is C20H21N5O3S. The van der Waals surface area contributed by atoms with Gasteiger partial charge in [0, 0.05) is 43.0 Å². The molecule has 9 heteroatoms. The Kier molecular flexibility index (Phi) is 4.56. The number of hydrogen-bond donors (Lipinski definition) is 3. The van der Waals surface area contributed by atoms with Gasteiger partial charge in [0.25, 0.3) is 5.91 Å². The van der Waals surface area contributed by atoms with E-state index in [0.29, 0.717) is 25.1 Å². The molecule has 3 amide bonds. The summed E-state index contributed by atoms with van der Waals surface area (Å²) >= 11 is 1.69. The quantitative estimate of drug-likeness (QED) is 0.653. The molecule has 0 spiro atoms. The minimum absolute atomic E-state index is 0.146. The van der Waals surface area contributed by atoms with Crippen LogP contribution in [0, 0.1) is 0 Å². The van der Waals surface area contributed by atoms with Crippen molar-refractivity contribution >= 4 is 34.2 Å². The predicted molar refractivity (Wildman–Crippen MR) is 107 cm³/mol. The van der Waals surface area contributed by atoms with Crippen molar-refractivity contribution in [3.8, 4) is 0 Å². The van der Waals surface area contributed by atoms with Gasteiger partial charge in [0.05, 0.1) is 5.69 Å². The molecule has 150 valence electrons. The number of hydrogen-bond acceptors (Lipinski definition) is 7. The van der Waals surface area contributed by atoms with Gasteiger partial charge in [-0.3, -0.25) is 19.7 Å². The summed E-state index contributed by atoms with van der Waals surface area (Å²) < 4.78 is 0. The number of benzene rings is 1. The van der Waals surface area contributed by atoms with E-state index in [9.17, 15) is 14.4 Å². The van der Waals surface area contributed by atoms with Crippen molar-refractivity contribution in [2.24, 2.45) is 0 Å². The van der Waals surface area contributed by atoms with Gasteiger partial charge in [-0.2, -0.15) is 0 Å². The monoisotopic (exact) mass is 411 g/mol. The van der Waals surface area contributed by atoms with Crippen LogP contribution >= 0.6 is 11.3 Å². The number of piperidine rings is 1. The first-order valence-electron chi connectivity index (χ1n) is 9.78. The average Bonchev–Trinajstić information content (AvgIpc) is 3.27. The van der Waals surface area contributed by atoms with Gasteiger partial charge in [-0.25, -0.2) is 4.98 Å². The van der Waals surface area contributed by atoms with Gasteiger partial charge >= 0.3 is 0 Å². The molecule has 3 aliphatic heterocycles. The van der Waals surface area contributed by atoms with Crippen LogP contribution in [0.5, 0.6) is 0 Å². The fraction of sp³-hybridized carbons (Fsp3) is 0.400. The second-order valence-corrected chi connectivity index (χ2v) is 8.64. The summed E-state index contributed by atoms with van der Waals surface area (Å²) in [6.07, 6.45) is 1.65. The second-order valence-electron chi connectivity index (χ2n) is 7.56. The maximum atomic E-state index is 12.9. The highest BCUT2D eigenvalue weighted by Crippen LogP contribution is 2.29. The molecule has 1 aromatic carbocycles. The van der Waals surface area contributed by atoms with E-state index >= 15 is 0 Å². The highest BCUT2D eigenvalue weighted by molar-refractivity contribution is 7.15. The normalized spacial score (nSPS) is 21.0. The SMILES string of the molecule is O=C1CCC(N2Cc3ccc(CNc4nc5c(s4)CCNC5)cc3C2=O)C(=O)N1. The number of aromatic nitrogens is 1. The Morgan fingerprint density at radius 1 is 1.24 bits per heavy atom. The molecule has 4 heterocycles. The third kappa shape index (κ3) is 3.40. The zero-order chi connectivity index (χ0) is 20.0. The Bertz CT molecular complexity index is 994. The van der Waals surface area contributed by atoms with Crippen molar-refractivity contribution < 1.29 is 14.4 Å². The number of fused-ring (bicyclic) bond motifs is 2. The summed E-state index contributed by atoms with van der Waals surface area (Å²) in [7, 11) is 0. The molecule has 3 N–H and O–H groups in total. The van der Waals surface area contributed by atoms with Gasteiger partial charge in [0.2, 0.25) is 11.8 Å². The zero-order valence-corrected chi connectivity index (χ0v) is 16.6. The van der Waals surface area contributed by atoms with E-state index in [2.05, 4.69) is 20.9 Å². The molecule has 8 nitrogen and oxygen atoms in total. The van der Waals surface area contributed by atoms with Crippen molar-refractivity contribution in [3.05, 3.63) is 45.5 Å². The van der Waals surface area contributed by atoms with E-state index in [1.807, 2.05) is 18.2 Å². The Hall–Kier alpha value is -2.78. The lowest BCUT2D eigenvalue weighted by Crippen LogP contribution is -2.52. The molecular weight excluding hydrogens is 390 g/mol. The van der Waals surface area contributed by atoms with Crippen molar-refractivity contribution in [1.29, 1.82) is 0 Å². The first kappa shape index (κ1) is 18.3. The Morgan fingerprint density at radius 3 is 2.97 bits per heavy atom. The van der Waals surface area contributed by atoms with Gasteiger partial charge in [-0.1, -0.05) is 12.1 Å². The molecule has 1 fully saturated rings. The molecule has 0 radical (unpaired) electrons.